The summed E-state index contributed by atoms with van der Waals surface area (Å²) in [5, 5.41) is 16.9. The Morgan fingerprint density at radius 3 is 2.92 bits per heavy atom. The second-order valence-electron chi connectivity index (χ2n) is 7.29. The summed E-state index contributed by atoms with van der Waals surface area (Å²) in [6.07, 6.45) is 3.92. The van der Waals surface area contributed by atoms with Gasteiger partial charge in [0, 0.05) is 22.9 Å². The first-order chi connectivity index (χ1) is 12.0. The molecule has 0 saturated heterocycles. The molecular weight excluding hydrogens is 312 g/mol. The standard InChI is InChI=1S/C21H24N2O2/c1-4-17(24)18-12(3)22-20-13(18)6-5-7-14(20)19-15-10-11(2)8-9-16(15)23-21(19)25/h4,8-10,13,17,20,22,24H,1,5-7H2,2-3H3,(H,23,25)/b19-14-. The fraction of sp³-hybridized carbons (Fsp3) is 0.381. The van der Waals surface area contributed by atoms with Crippen molar-refractivity contribution in [1.29, 1.82) is 0 Å². The van der Waals surface area contributed by atoms with Crippen LogP contribution in [0.25, 0.3) is 5.57 Å². The monoisotopic (exact) mass is 336 g/mol. The lowest BCUT2D eigenvalue weighted by Crippen LogP contribution is -2.36. The van der Waals surface area contributed by atoms with Crippen LogP contribution in [0, 0.1) is 12.8 Å². The summed E-state index contributed by atoms with van der Waals surface area (Å²) < 4.78 is 0. The van der Waals surface area contributed by atoms with E-state index in [-0.39, 0.29) is 17.9 Å². The molecule has 1 aromatic rings. The van der Waals surface area contributed by atoms with Gasteiger partial charge in [0.05, 0.1) is 17.7 Å². The van der Waals surface area contributed by atoms with E-state index in [9.17, 15) is 9.90 Å². The van der Waals surface area contributed by atoms with Gasteiger partial charge < -0.3 is 15.7 Å². The Morgan fingerprint density at radius 2 is 2.16 bits per heavy atom. The largest absolute Gasteiger partial charge is 0.385 e. The SMILES string of the molecule is C=CC(O)C1=C(C)NC2/C(=C3\C(=O)Nc4ccc(C)cc43)CCCC12. The van der Waals surface area contributed by atoms with E-state index in [0.29, 0.717) is 0 Å². The third-order valence-corrected chi connectivity index (χ3v) is 5.73. The van der Waals surface area contributed by atoms with E-state index in [0.717, 1.165) is 52.9 Å². The van der Waals surface area contributed by atoms with Gasteiger partial charge in [-0.25, -0.2) is 0 Å². The summed E-state index contributed by atoms with van der Waals surface area (Å²) in [6.45, 7) is 7.80. The number of nitrogens with one attached hydrogen (secondary N) is 2. The predicted octanol–water partition coefficient (Wildman–Crippen LogP) is 3.29. The molecule has 1 amide bonds. The fourth-order valence-electron chi connectivity index (χ4n) is 4.64. The molecule has 1 fully saturated rings. The van der Waals surface area contributed by atoms with Crippen LogP contribution in [0.2, 0.25) is 0 Å². The van der Waals surface area contributed by atoms with Gasteiger partial charge in [0.25, 0.3) is 5.91 Å². The molecule has 25 heavy (non-hydrogen) atoms. The van der Waals surface area contributed by atoms with Gasteiger partial charge in [-0.15, -0.1) is 6.58 Å². The molecule has 3 N–H and O–H groups in total. The first kappa shape index (κ1) is 16.2. The fourth-order valence-corrected chi connectivity index (χ4v) is 4.64. The molecule has 4 nitrogen and oxygen atoms in total. The molecule has 1 saturated carbocycles. The Hall–Kier alpha value is -2.33. The predicted molar refractivity (Wildman–Crippen MR) is 99.9 cm³/mol. The Bertz CT molecular complexity index is 834. The van der Waals surface area contributed by atoms with E-state index in [1.54, 1.807) is 6.08 Å². The lowest BCUT2D eigenvalue weighted by atomic mass is 9.75. The van der Waals surface area contributed by atoms with E-state index in [1.165, 1.54) is 5.57 Å². The van der Waals surface area contributed by atoms with Crippen molar-refractivity contribution in [2.75, 3.05) is 5.32 Å². The topological polar surface area (TPSA) is 61.4 Å². The minimum Gasteiger partial charge on any atom is -0.385 e. The Labute approximate surface area is 148 Å². The highest BCUT2D eigenvalue weighted by Gasteiger charge is 2.42. The number of carbonyl (C=O) groups excluding carboxylic acids is 1. The van der Waals surface area contributed by atoms with Gasteiger partial charge in [0.1, 0.15) is 0 Å². The first-order valence-electron chi connectivity index (χ1n) is 8.94. The molecule has 2 heterocycles. The summed E-state index contributed by atoms with van der Waals surface area (Å²) in [6, 6.07) is 6.18. The second kappa shape index (κ2) is 5.88. The molecule has 1 aromatic carbocycles. The van der Waals surface area contributed by atoms with E-state index >= 15 is 0 Å². The van der Waals surface area contributed by atoms with Crippen molar-refractivity contribution in [3.63, 3.8) is 0 Å². The normalized spacial score (nSPS) is 29.0. The highest BCUT2D eigenvalue weighted by Crippen LogP contribution is 2.45. The molecule has 2 aliphatic heterocycles. The summed E-state index contributed by atoms with van der Waals surface area (Å²) in [5.74, 6) is 0.222. The Kier molecular flexibility index (Phi) is 3.80. The van der Waals surface area contributed by atoms with Crippen molar-refractivity contribution in [3.8, 4) is 0 Å². The summed E-state index contributed by atoms with van der Waals surface area (Å²) in [5.41, 5.74) is 7.10. The molecule has 4 heteroatoms. The molecule has 0 spiro atoms. The lowest BCUT2D eigenvalue weighted by Gasteiger charge is -2.32. The number of carbonyl (C=O) groups is 1. The maximum Gasteiger partial charge on any atom is 0.256 e. The van der Waals surface area contributed by atoms with Crippen molar-refractivity contribution in [1.82, 2.24) is 5.32 Å². The van der Waals surface area contributed by atoms with Crippen molar-refractivity contribution >= 4 is 17.2 Å². The molecule has 130 valence electrons. The lowest BCUT2D eigenvalue weighted by molar-refractivity contribution is -0.110. The Balaban J connectivity index is 1.80. The van der Waals surface area contributed by atoms with E-state index < -0.39 is 6.10 Å². The molecule has 3 unspecified atom stereocenters. The second-order valence-corrected chi connectivity index (χ2v) is 7.29. The molecule has 1 aliphatic carbocycles. The number of hydrogen-bond donors (Lipinski definition) is 3. The molecule has 0 bridgehead atoms. The summed E-state index contributed by atoms with van der Waals surface area (Å²) >= 11 is 0. The van der Waals surface area contributed by atoms with Crippen molar-refractivity contribution < 1.29 is 9.90 Å². The third kappa shape index (κ3) is 2.44. The van der Waals surface area contributed by atoms with Gasteiger partial charge in [0.2, 0.25) is 0 Å². The first-order valence-corrected chi connectivity index (χ1v) is 8.94. The van der Waals surface area contributed by atoms with Gasteiger partial charge >= 0.3 is 0 Å². The van der Waals surface area contributed by atoms with E-state index in [2.05, 4.69) is 23.3 Å². The number of aryl methyl sites for hydroxylation is 1. The third-order valence-electron chi connectivity index (χ3n) is 5.73. The molecule has 4 rings (SSSR count). The number of hydrogen-bond acceptors (Lipinski definition) is 3. The average molecular weight is 336 g/mol. The zero-order chi connectivity index (χ0) is 17.7. The number of benzene rings is 1. The maximum absolute atomic E-state index is 12.7. The quantitative estimate of drug-likeness (QED) is 0.574. The van der Waals surface area contributed by atoms with Crippen molar-refractivity contribution in [3.05, 3.63) is 58.8 Å². The van der Waals surface area contributed by atoms with Crippen molar-refractivity contribution in [2.24, 2.45) is 5.92 Å². The number of aliphatic hydroxyl groups is 1. The number of allylic oxidation sites excluding steroid dienone is 1. The maximum atomic E-state index is 12.7. The zero-order valence-corrected chi connectivity index (χ0v) is 14.7. The number of rotatable bonds is 2. The molecular formula is C21H24N2O2. The van der Waals surface area contributed by atoms with Crippen LogP contribution in [0.4, 0.5) is 5.69 Å². The highest BCUT2D eigenvalue weighted by atomic mass is 16.3. The average Bonchev–Trinajstić information content (AvgIpc) is 3.09. The zero-order valence-electron chi connectivity index (χ0n) is 14.7. The Morgan fingerprint density at radius 1 is 1.36 bits per heavy atom. The van der Waals surface area contributed by atoms with Gasteiger partial charge in [-0.3, -0.25) is 4.79 Å². The van der Waals surface area contributed by atoms with Crippen LogP contribution in [-0.4, -0.2) is 23.2 Å². The van der Waals surface area contributed by atoms with Crippen LogP contribution in [0.1, 0.15) is 37.3 Å². The van der Waals surface area contributed by atoms with Crippen LogP contribution in [0.3, 0.4) is 0 Å². The molecule has 3 atom stereocenters. The van der Waals surface area contributed by atoms with E-state index in [1.807, 2.05) is 26.0 Å². The van der Waals surface area contributed by atoms with Crippen LogP contribution in [-0.2, 0) is 4.79 Å². The van der Waals surface area contributed by atoms with Gasteiger partial charge in [-0.05, 0) is 56.4 Å². The molecule has 3 aliphatic rings. The number of amides is 1. The minimum atomic E-state index is -0.626. The van der Waals surface area contributed by atoms with Crippen LogP contribution in [0.5, 0.6) is 0 Å². The van der Waals surface area contributed by atoms with Crippen LogP contribution >= 0.6 is 0 Å². The van der Waals surface area contributed by atoms with E-state index in [4.69, 9.17) is 0 Å². The molecule has 0 radical (unpaired) electrons. The van der Waals surface area contributed by atoms with Crippen LogP contribution in [0.15, 0.2) is 47.7 Å². The number of fused-ring (bicyclic) bond motifs is 2. The summed E-state index contributed by atoms with van der Waals surface area (Å²) in [7, 11) is 0. The van der Waals surface area contributed by atoms with Crippen molar-refractivity contribution in [2.45, 2.75) is 45.3 Å². The van der Waals surface area contributed by atoms with Gasteiger partial charge in [-0.1, -0.05) is 17.7 Å². The summed E-state index contributed by atoms with van der Waals surface area (Å²) in [4.78, 5) is 12.7. The highest BCUT2D eigenvalue weighted by molar-refractivity contribution is 6.32. The van der Waals surface area contributed by atoms with Gasteiger partial charge in [-0.2, -0.15) is 0 Å². The number of anilines is 1. The van der Waals surface area contributed by atoms with Crippen LogP contribution < -0.4 is 10.6 Å². The smallest absolute Gasteiger partial charge is 0.256 e. The minimum absolute atomic E-state index is 0.00609. The van der Waals surface area contributed by atoms with Gasteiger partial charge in [0.15, 0.2) is 0 Å². The molecule has 0 aromatic heterocycles. The number of aliphatic hydroxyl groups excluding tert-OH is 1.